The van der Waals surface area contributed by atoms with E-state index in [0.29, 0.717) is 5.06 Å². The van der Waals surface area contributed by atoms with Crippen LogP contribution >= 0.6 is 0 Å². The molecule has 1 fully saturated rings. The van der Waals surface area contributed by atoms with Gasteiger partial charge in [-0.3, -0.25) is 9.59 Å². The average Bonchev–Trinajstić information content (AvgIpc) is 2.32. The third kappa shape index (κ3) is 3.31. The van der Waals surface area contributed by atoms with Crippen molar-refractivity contribution in [1.82, 2.24) is 5.06 Å². The van der Waals surface area contributed by atoms with Gasteiger partial charge < -0.3 is 4.84 Å². The number of rotatable bonds is 3. The Labute approximate surface area is 85.9 Å². The minimum absolute atomic E-state index is 0.0228. The molecular formula is C7H9NO6S. The molecule has 0 aromatic carbocycles. The van der Waals surface area contributed by atoms with E-state index in [1.807, 2.05) is 0 Å². The molecule has 0 spiro atoms. The van der Waals surface area contributed by atoms with Gasteiger partial charge in [0.15, 0.2) is 9.84 Å². The molecule has 0 atom stereocenters. The maximum atomic E-state index is 11.0. The molecule has 0 saturated carbocycles. The fourth-order valence-electron chi connectivity index (χ4n) is 1.00. The maximum absolute atomic E-state index is 11.0. The second kappa shape index (κ2) is 3.97. The largest absolute Gasteiger partial charge is 0.348 e. The summed E-state index contributed by atoms with van der Waals surface area (Å²) in [4.78, 5) is 37.2. The standard InChI is InChI=1S/C7H9NO6S/c1-15(12,13)4-7(11)14-8-5(9)2-3-6(8)10/h2-4H2,1H3. The van der Waals surface area contributed by atoms with Crippen LogP contribution in [0.2, 0.25) is 0 Å². The SMILES string of the molecule is CS(=O)(=O)CC(=O)ON1C(=O)CCC1=O. The van der Waals surface area contributed by atoms with Gasteiger partial charge in [0.1, 0.15) is 5.75 Å². The van der Waals surface area contributed by atoms with Crippen molar-refractivity contribution in [2.24, 2.45) is 0 Å². The molecule has 0 unspecified atom stereocenters. The summed E-state index contributed by atoms with van der Waals surface area (Å²) in [5.74, 6) is -3.27. The van der Waals surface area contributed by atoms with E-state index in [1.165, 1.54) is 0 Å². The fraction of sp³-hybridized carbons (Fsp3) is 0.571. The molecule has 0 bridgehead atoms. The number of nitrogens with zero attached hydrogens (tertiary/aromatic N) is 1. The Balaban J connectivity index is 2.59. The molecule has 0 aromatic heterocycles. The van der Waals surface area contributed by atoms with Crippen molar-refractivity contribution < 1.29 is 27.6 Å². The molecule has 0 radical (unpaired) electrons. The second-order valence-electron chi connectivity index (χ2n) is 3.12. The van der Waals surface area contributed by atoms with Crippen molar-refractivity contribution in [2.75, 3.05) is 12.0 Å². The van der Waals surface area contributed by atoms with Gasteiger partial charge in [0.25, 0.3) is 11.8 Å². The zero-order valence-electron chi connectivity index (χ0n) is 7.93. The van der Waals surface area contributed by atoms with Gasteiger partial charge in [-0.15, -0.1) is 5.06 Å². The molecule has 84 valence electrons. The molecule has 15 heavy (non-hydrogen) atoms. The highest BCUT2D eigenvalue weighted by Gasteiger charge is 2.33. The fourth-order valence-corrected chi connectivity index (χ4v) is 1.48. The van der Waals surface area contributed by atoms with Crippen molar-refractivity contribution in [1.29, 1.82) is 0 Å². The summed E-state index contributed by atoms with van der Waals surface area (Å²) in [7, 11) is -3.52. The van der Waals surface area contributed by atoms with Crippen LogP contribution in [0, 0.1) is 0 Å². The first kappa shape index (κ1) is 11.6. The van der Waals surface area contributed by atoms with E-state index in [2.05, 4.69) is 4.84 Å². The summed E-state index contributed by atoms with van der Waals surface area (Å²) in [6.07, 6.45) is 0.803. The van der Waals surface area contributed by atoms with Crippen molar-refractivity contribution in [3.8, 4) is 0 Å². The summed E-state index contributed by atoms with van der Waals surface area (Å²) < 4.78 is 21.4. The van der Waals surface area contributed by atoms with Gasteiger partial charge in [-0.05, 0) is 0 Å². The molecule has 1 aliphatic heterocycles. The topological polar surface area (TPSA) is 97.8 Å². The van der Waals surface area contributed by atoms with E-state index in [-0.39, 0.29) is 12.8 Å². The lowest BCUT2D eigenvalue weighted by Gasteiger charge is -2.11. The quantitative estimate of drug-likeness (QED) is 0.560. The zero-order chi connectivity index (χ0) is 11.6. The number of hydrogen-bond acceptors (Lipinski definition) is 6. The van der Waals surface area contributed by atoms with Gasteiger partial charge in [0, 0.05) is 19.1 Å². The highest BCUT2D eigenvalue weighted by atomic mass is 32.2. The lowest BCUT2D eigenvalue weighted by molar-refractivity contribution is -0.195. The molecule has 1 heterocycles. The van der Waals surface area contributed by atoms with Crippen molar-refractivity contribution in [3.05, 3.63) is 0 Å². The molecule has 0 aromatic rings. The summed E-state index contributed by atoms with van der Waals surface area (Å²) in [6, 6.07) is 0. The molecule has 1 rings (SSSR count). The van der Waals surface area contributed by atoms with Gasteiger partial charge in [-0.1, -0.05) is 0 Å². The molecule has 1 saturated heterocycles. The van der Waals surface area contributed by atoms with Crippen LogP contribution in [0.5, 0.6) is 0 Å². The Bertz CT molecular complexity index is 395. The second-order valence-corrected chi connectivity index (χ2v) is 5.26. The maximum Gasteiger partial charge on any atom is 0.348 e. The van der Waals surface area contributed by atoms with Gasteiger partial charge in [0.2, 0.25) is 0 Å². The van der Waals surface area contributed by atoms with E-state index in [0.717, 1.165) is 6.26 Å². The summed E-state index contributed by atoms with van der Waals surface area (Å²) in [6.45, 7) is 0. The number of hydrogen-bond donors (Lipinski definition) is 0. The first-order valence-electron chi connectivity index (χ1n) is 4.04. The Hall–Kier alpha value is -1.44. The minimum Gasteiger partial charge on any atom is -0.329 e. The van der Waals surface area contributed by atoms with E-state index in [4.69, 9.17) is 0 Å². The summed E-state index contributed by atoms with van der Waals surface area (Å²) >= 11 is 0. The number of hydroxylamine groups is 2. The predicted molar refractivity (Wildman–Crippen MR) is 46.9 cm³/mol. The monoisotopic (exact) mass is 235 g/mol. The predicted octanol–water partition coefficient (Wildman–Crippen LogP) is -1.36. The first-order valence-corrected chi connectivity index (χ1v) is 6.10. The van der Waals surface area contributed by atoms with Crippen LogP contribution in [0.4, 0.5) is 0 Å². The number of carbonyl (C=O) groups excluding carboxylic acids is 3. The number of amides is 2. The van der Waals surface area contributed by atoms with Gasteiger partial charge in [-0.25, -0.2) is 13.2 Å². The molecule has 8 heteroatoms. The molecule has 2 amide bonds. The third-order valence-corrected chi connectivity index (χ3v) is 2.34. The zero-order valence-corrected chi connectivity index (χ0v) is 8.74. The van der Waals surface area contributed by atoms with Crippen molar-refractivity contribution in [3.63, 3.8) is 0 Å². The molecular weight excluding hydrogens is 226 g/mol. The van der Waals surface area contributed by atoms with Crippen LogP contribution in [0.1, 0.15) is 12.8 Å². The first-order chi connectivity index (χ1) is 6.79. The highest BCUT2D eigenvalue weighted by molar-refractivity contribution is 7.91. The van der Waals surface area contributed by atoms with Gasteiger partial charge in [-0.2, -0.15) is 0 Å². The van der Waals surface area contributed by atoms with E-state index in [9.17, 15) is 22.8 Å². The molecule has 0 aliphatic carbocycles. The average molecular weight is 235 g/mol. The number of imide groups is 1. The molecule has 1 aliphatic rings. The lowest BCUT2D eigenvalue weighted by Crippen LogP contribution is -2.34. The van der Waals surface area contributed by atoms with Crippen LogP contribution in [-0.2, 0) is 29.1 Å². The van der Waals surface area contributed by atoms with Crippen LogP contribution in [-0.4, -0.2) is 43.3 Å². The minimum atomic E-state index is -3.52. The lowest BCUT2D eigenvalue weighted by atomic mass is 10.4. The Morgan fingerprint density at radius 1 is 1.33 bits per heavy atom. The van der Waals surface area contributed by atoms with Gasteiger partial charge >= 0.3 is 5.97 Å². The summed E-state index contributed by atoms with van der Waals surface area (Å²) in [5.41, 5.74) is 0. The van der Waals surface area contributed by atoms with Crippen LogP contribution in [0.15, 0.2) is 0 Å². The van der Waals surface area contributed by atoms with Crippen molar-refractivity contribution >= 4 is 27.6 Å². The third-order valence-electron chi connectivity index (χ3n) is 1.58. The Morgan fingerprint density at radius 2 is 1.80 bits per heavy atom. The van der Waals surface area contributed by atoms with Crippen LogP contribution in [0.25, 0.3) is 0 Å². The van der Waals surface area contributed by atoms with Crippen LogP contribution < -0.4 is 0 Å². The van der Waals surface area contributed by atoms with Crippen LogP contribution in [0.3, 0.4) is 0 Å². The smallest absolute Gasteiger partial charge is 0.329 e. The summed E-state index contributed by atoms with van der Waals surface area (Å²) in [5, 5.41) is 0.313. The number of carbonyl (C=O) groups is 3. The van der Waals surface area contributed by atoms with Gasteiger partial charge in [0.05, 0.1) is 0 Å². The number of sulfone groups is 1. The highest BCUT2D eigenvalue weighted by Crippen LogP contribution is 2.12. The van der Waals surface area contributed by atoms with E-state index < -0.39 is 33.4 Å². The Kier molecular flexibility index (Phi) is 3.08. The van der Waals surface area contributed by atoms with E-state index >= 15 is 0 Å². The van der Waals surface area contributed by atoms with E-state index in [1.54, 1.807) is 0 Å². The molecule has 0 N–H and O–H groups in total. The normalized spacial score (nSPS) is 17.0. The Morgan fingerprint density at radius 3 is 2.20 bits per heavy atom. The molecule has 7 nitrogen and oxygen atoms in total. The van der Waals surface area contributed by atoms with Crippen molar-refractivity contribution in [2.45, 2.75) is 12.8 Å².